The summed E-state index contributed by atoms with van der Waals surface area (Å²) in [5.74, 6) is 0.149. The molecule has 0 aromatic heterocycles. The van der Waals surface area contributed by atoms with Gasteiger partial charge in [-0.1, -0.05) is 13.3 Å². The average Bonchev–Trinajstić information content (AvgIpc) is 2.95. The number of rotatable bonds is 6. The van der Waals surface area contributed by atoms with Crippen LogP contribution in [-0.2, 0) is 19.9 Å². The molecule has 1 unspecified atom stereocenters. The van der Waals surface area contributed by atoms with E-state index in [0.29, 0.717) is 32.6 Å². The van der Waals surface area contributed by atoms with E-state index in [2.05, 4.69) is 0 Å². The van der Waals surface area contributed by atoms with Crippen LogP contribution in [0.25, 0.3) is 0 Å². The van der Waals surface area contributed by atoms with Crippen molar-refractivity contribution < 1.29 is 16.8 Å². The second kappa shape index (κ2) is 6.93. The van der Waals surface area contributed by atoms with Gasteiger partial charge in [-0.25, -0.2) is 21.1 Å². The smallest absolute Gasteiger partial charge is 0.215 e. The first kappa shape index (κ1) is 17.2. The molecule has 0 spiro atoms. The normalized spacial score (nSPS) is 26.2. The van der Waals surface area contributed by atoms with Crippen LogP contribution in [0, 0.1) is 0 Å². The van der Waals surface area contributed by atoms with Crippen molar-refractivity contribution in [1.82, 2.24) is 9.21 Å². The quantitative estimate of drug-likeness (QED) is 0.711. The number of hydrogen-bond acceptors (Lipinski definition) is 5. The first-order valence-electron chi connectivity index (χ1n) is 7.80. The lowest BCUT2D eigenvalue weighted by Gasteiger charge is -2.28. The lowest BCUT2D eigenvalue weighted by Crippen LogP contribution is -2.43. The molecule has 2 aliphatic rings. The van der Waals surface area contributed by atoms with E-state index < -0.39 is 25.2 Å². The van der Waals surface area contributed by atoms with Gasteiger partial charge in [0.25, 0.3) is 0 Å². The summed E-state index contributed by atoms with van der Waals surface area (Å²) in [4.78, 5) is 1.83. The number of sulfone groups is 1. The minimum absolute atomic E-state index is 0.0305. The molecule has 2 saturated heterocycles. The Morgan fingerprint density at radius 3 is 2.24 bits per heavy atom. The minimum atomic E-state index is -3.25. The molecule has 6 nitrogen and oxygen atoms in total. The molecule has 2 fully saturated rings. The van der Waals surface area contributed by atoms with Gasteiger partial charge in [0.1, 0.15) is 5.37 Å². The van der Waals surface area contributed by atoms with E-state index in [4.69, 9.17) is 0 Å². The maximum atomic E-state index is 12.3. The van der Waals surface area contributed by atoms with E-state index in [0.717, 1.165) is 25.7 Å². The molecular weight excluding hydrogens is 312 g/mol. The summed E-state index contributed by atoms with van der Waals surface area (Å²) in [7, 11) is -6.37. The van der Waals surface area contributed by atoms with E-state index in [1.54, 1.807) is 11.2 Å². The van der Waals surface area contributed by atoms with Gasteiger partial charge in [-0.05, 0) is 32.2 Å². The van der Waals surface area contributed by atoms with E-state index >= 15 is 0 Å². The predicted octanol–water partition coefficient (Wildman–Crippen LogP) is 0.659. The van der Waals surface area contributed by atoms with Crippen LogP contribution in [0.2, 0.25) is 0 Å². The van der Waals surface area contributed by atoms with Crippen LogP contribution in [-0.4, -0.2) is 69.1 Å². The van der Waals surface area contributed by atoms with Gasteiger partial charge in [-0.3, -0.25) is 4.90 Å². The van der Waals surface area contributed by atoms with Crippen molar-refractivity contribution in [2.24, 2.45) is 0 Å². The van der Waals surface area contributed by atoms with Crippen molar-refractivity contribution in [2.75, 3.05) is 37.7 Å². The maximum absolute atomic E-state index is 12.3. The Hall–Kier alpha value is -0.180. The van der Waals surface area contributed by atoms with Crippen LogP contribution in [0.5, 0.6) is 0 Å². The van der Waals surface area contributed by atoms with Gasteiger partial charge >= 0.3 is 0 Å². The molecular formula is C13H26N2O4S2. The number of likely N-dealkylation sites (tertiary alicyclic amines) is 1. The number of hydrogen-bond donors (Lipinski definition) is 0. The van der Waals surface area contributed by atoms with Crippen LogP contribution in [0.3, 0.4) is 0 Å². The highest BCUT2D eigenvalue weighted by atomic mass is 32.2. The Bertz CT molecular complexity index is 539. The second-order valence-electron chi connectivity index (χ2n) is 5.86. The van der Waals surface area contributed by atoms with Crippen molar-refractivity contribution in [2.45, 2.75) is 44.4 Å². The summed E-state index contributed by atoms with van der Waals surface area (Å²) < 4.78 is 50.3. The second-order valence-corrected chi connectivity index (χ2v) is 10.4. The third-order valence-corrected chi connectivity index (χ3v) is 8.48. The zero-order valence-corrected chi connectivity index (χ0v) is 14.3. The van der Waals surface area contributed by atoms with Gasteiger partial charge in [0.2, 0.25) is 10.0 Å². The molecule has 21 heavy (non-hydrogen) atoms. The monoisotopic (exact) mass is 338 g/mol. The SMILES string of the molecule is CCS(=O)(=O)C1CCCN1CCS(=O)(=O)N1CCCCC1. The van der Waals surface area contributed by atoms with Crippen LogP contribution in [0.15, 0.2) is 0 Å². The standard InChI is InChI=1S/C13H26N2O4S2/c1-2-20(16,17)13-7-6-8-14(13)11-12-21(18,19)15-9-4-3-5-10-15/h13H,2-12H2,1H3. The number of sulfonamides is 1. The van der Waals surface area contributed by atoms with Gasteiger partial charge in [0, 0.05) is 25.4 Å². The van der Waals surface area contributed by atoms with E-state index in [-0.39, 0.29) is 11.5 Å². The van der Waals surface area contributed by atoms with Gasteiger partial charge in [-0.15, -0.1) is 0 Å². The molecule has 0 aromatic rings. The molecule has 0 aliphatic carbocycles. The largest absolute Gasteiger partial charge is 0.286 e. The minimum Gasteiger partial charge on any atom is -0.286 e. The topological polar surface area (TPSA) is 74.8 Å². The Kier molecular flexibility index (Phi) is 5.67. The maximum Gasteiger partial charge on any atom is 0.215 e. The molecule has 0 N–H and O–H groups in total. The molecule has 2 aliphatic heterocycles. The number of nitrogens with zero attached hydrogens (tertiary/aromatic N) is 2. The molecule has 0 aromatic carbocycles. The fourth-order valence-corrected chi connectivity index (χ4v) is 6.27. The zero-order chi connectivity index (χ0) is 15.5. The molecule has 0 bridgehead atoms. The van der Waals surface area contributed by atoms with Gasteiger partial charge in [-0.2, -0.15) is 0 Å². The lowest BCUT2D eigenvalue weighted by atomic mass is 10.2. The summed E-state index contributed by atoms with van der Waals surface area (Å²) in [6.07, 6.45) is 4.40. The third kappa shape index (κ3) is 4.18. The zero-order valence-electron chi connectivity index (χ0n) is 12.7. The van der Waals surface area contributed by atoms with Crippen molar-refractivity contribution in [1.29, 1.82) is 0 Å². The molecule has 8 heteroatoms. The van der Waals surface area contributed by atoms with Crippen molar-refractivity contribution in [3.05, 3.63) is 0 Å². The molecule has 124 valence electrons. The number of piperidine rings is 1. The first-order chi connectivity index (χ1) is 9.87. The van der Waals surface area contributed by atoms with Crippen molar-refractivity contribution in [3.63, 3.8) is 0 Å². The Balaban J connectivity index is 1.95. The summed E-state index contributed by atoms with van der Waals surface area (Å²) in [6.45, 7) is 3.87. The molecule has 0 amide bonds. The molecule has 0 radical (unpaired) electrons. The summed E-state index contributed by atoms with van der Waals surface area (Å²) in [5, 5.41) is -0.487. The van der Waals surface area contributed by atoms with E-state index in [9.17, 15) is 16.8 Å². The first-order valence-corrected chi connectivity index (χ1v) is 11.1. The van der Waals surface area contributed by atoms with E-state index in [1.807, 2.05) is 4.90 Å². The Morgan fingerprint density at radius 2 is 1.62 bits per heavy atom. The van der Waals surface area contributed by atoms with Gasteiger partial charge < -0.3 is 0 Å². The van der Waals surface area contributed by atoms with Crippen LogP contribution < -0.4 is 0 Å². The summed E-state index contributed by atoms with van der Waals surface area (Å²) in [6, 6.07) is 0. The third-order valence-electron chi connectivity index (χ3n) is 4.47. The van der Waals surface area contributed by atoms with Gasteiger partial charge in [0.05, 0.1) is 5.75 Å². The lowest BCUT2D eigenvalue weighted by molar-refractivity contribution is 0.313. The Labute approximate surface area is 128 Å². The molecule has 2 heterocycles. The highest BCUT2D eigenvalue weighted by Crippen LogP contribution is 2.23. The fourth-order valence-electron chi connectivity index (χ4n) is 3.16. The van der Waals surface area contributed by atoms with Crippen LogP contribution >= 0.6 is 0 Å². The predicted molar refractivity (Wildman–Crippen MR) is 83.3 cm³/mol. The molecule has 2 rings (SSSR count). The molecule has 1 atom stereocenters. The highest BCUT2D eigenvalue weighted by molar-refractivity contribution is 7.92. The molecule has 0 saturated carbocycles. The van der Waals surface area contributed by atoms with Crippen LogP contribution in [0.4, 0.5) is 0 Å². The van der Waals surface area contributed by atoms with E-state index in [1.165, 1.54) is 0 Å². The van der Waals surface area contributed by atoms with Crippen molar-refractivity contribution >= 4 is 19.9 Å². The highest BCUT2D eigenvalue weighted by Gasteiger charge is 2.35. The van der Waals surface area contributed by atoms with Gasteiger partial charge in [0.15, 0.2) is 9.84 Å². The Morgan fingerprint density at radius 1 is 0.952 bits per heavy atom. The fraction of sp³-hybridized carbons (Fsp3) is 1.00. The van der Waals surface area contributed by atoms with Crippen molar-refractivity contribution in [3.8, 4) is 0 Å². The summed E-state index contributed by atoms with van der Waals surface area (Å²) >= 11 is 0. The summed E-state index contributed by atoms with van der Waals surface area (Å²) in [5.41, 5.74) is 0. The average molecular weight is 338 g/mol. The van der Waals surface area contributed by atoms with Crippen LogP contribution in [0.1, 0.15) is 39.0 Å².